The first-order chi connectivity index (χ1) is 6.74. The minimum atomic E-state index is 0.604. The number of furan rings is 1. The molecule has 0 aliphatic carbocycles. The van der Waals surface area contributed by atoms with E-state index < -0.39 is 0 Å². The van der Waals surface area contributed by atoms with E-state index in [-0.39, 0.29) is 0 Å². The maximum atomic E-state index is 8.99. The fourth-order valence-corrected chi connectivity index (χ4v) is 1.39. The van der Waals surface area contributed by atoms with Crippen LogP contribution in [0.25, 0.3) is 5.88 Å². The first-order valence-corrected chi connectivity index (χ1v) is 4.37. The summed E-state index contributed by atoms with van der Waals surface area (Å²) in [5.74, 6) is 1.40. The van der Waals surface area contributed by atoms with Gasteiger partial charge in [-0.15, -0.1) is 0 Å². The molecule has 0 unspecified atom stereocenters. The van der Waals surface area contributed by atoms with Gasteiger partial charge in [-0.05, 0) is 26.0 Å². The van der Waals surface area contributed by atoms with Crippen molar-refractivity contribution in [1.29, 1.82) is 5.26 Å². The van der Waals surface area contributed by atoms with Crippen molar-refractivity contribution in [3.8, 4) is 12.0 Å². The van der Waals surface area contributed by atoms with E-state index in [2.05, 4.69) is 6.07 Å². The smallest absolute Gasteiger partial charge is 0.221 e. The Balaban J connectivity index is 2.66. The maximum Gasteiger partial charge on any atom is 0.221 e. The van der Waals surface area contributed by atoms with Gasteiger partial charge in [0.25, 0.3) is 0 Å². The fourth-order valence-electron chi connectivity index (χ4n) is 1.39. The number of aryl methyl sites for hydroxylation is 1. The summed E-state index contributed by atoms with van der Waals surface area (Å²) in [5.41, 5.74) is 1.52. The third kappa shape index (κ3) is 1.12. The van der Waals surface area contributed by atoms with Gasteiger partial charge < -0.3 is 4.42 Å². The molecule has 2 heterocycles. The molecule has 0 radical (unpaired) electrons. The summed E-state index contributed by atoms with van der Waals surface area (Å²) in [6.45, 7) is 3.76. The van der Waals surface area contributed by atoms with E-state index in [1.807, 2.05) is 38.4 Å². The third-order valence-corrected chi connectivity index (χ3v) is 2.32. The summed E-state index contributed by atoms with van der Waals surface area (Å²) in [5, 5.41) is 8.99. The Kier molecular flexibility index (Phi) is 1.90. The molecule has 0 amide bonds. The van der Waals surface area contributed by atoms with Crippen molar-refractivity contribution in [2.24, 2.45) is 0 Å². The SMILES string of the molecule is Cc1oc(-n2cccc2)c(C#N)c1C. The van der Waals surface area contributed by atoms with Crippen LogP contribution in [0.5, 0.6) is 0 Å². The van der Waals surface area contributed by atoms with Crippen molar-refractivity contribution in [2.45, 2.75) is 13.8 Å². The number of nitriles is 1. The molecule has 3 nitrogen and oxygen atoms in total. The van der Waals surface area contributed by atoms with Gasteiger partial charge >= 0.3 is 0 Å². The lowest BCUT2D eigenvalue weighted by Crippen LogP contribution is -1.90. The number of rotatable bonds is 1. The number of hydrogen-bond donors (Lipinski definition) is 0. The van der Waals surface area contributed by atoms with E-state index in [4.69, 9.17) is 9.68 Å². The quantitative estimate of drug-likeness (QED) is 0.686. The molecule has 0 saturated carbocycles. The fraction of sp³-hybridized carbons (Fsp3) is 0.182. The molecule has 14 heavy (non-hydrogen) atoms. The molecule has 0 atom stereocenters. The van der Waals surface area contributed by atoms with Crippen LogP contribution < -0.4 is 0 Å². The Labute approximate surface area is 82.2 Å². The topological polar surface area (TPSA) is 41.9 Å². The second-order valence-corrected chi connectivity index (χ2v) is 3.17. The van der Waals surface area contributed by atoms with Crippen LogP contribution in [0.4, 0.5) is 0 Å². The Morgan fingerprint density at radius 2 is 1.93 bits per heavy atom. The molecule has 0 N–H and O–H groups in total. The molecule has 3 heteroatoms. The van der Waals surface area contributed by atoms with Gasteiger partial charge in [0.1, 0.15) is 17.4 Å². The highest BCUT2D eigenvalue weighted by Gasteiger charge is 2.14. The van der Waals surface area contributed by atoms with Gasteiger partial charge in [-0.1, -0.05) is 0 Å². The van der Waals surface area contributed by atoms with Gasteiger partial charge in [-0.3, -0.25) is 4.57 Å². The van der Waals surface area contributed by atoms with E-state index in [0.717, 1.165) is 11.3 Å². The van der Waals surface area contributed by atoms with Crippen molar-refractivity contribution in [3.63, 3.8) is 0 Å². The predicted molar refractivity (Wildman–Crippen MR) is 52.2 cm³/mol. The summed E-state index contributed by atoms with van der Waals surface area (Å²) in [7, 11) is 0. The van der Waals surface area contributed by atoms with Gasteiger partial charge in [0.15, 0.2) is 0 Å². The molecule has 0 bridgehead atoms. The molecule has 0 saturated heterocycles. The lowest BCUT2D eigenvalue weighted by atomic mass is 10.2. The zero-order chi connectivity index (χ0) is 10.1. The summed E-state index contributed by atoms with van der Waals surface area (Å²) in [6.07, 6.45) is 3.72. The molecule has 2 aromatic heterocycles. The van der Waals surface area contributed by atoms with E-state index in [9.17, 15) is 0 Å². The first kappa shape index (κ1) is 8.64. The van der Waals surface area contributed by atoms with Crippen LogP contribution in [0.3, 0.4) is 0 Å². The molecule has 0 aliphatic heterocycles. The minimum absolute atomic E-state index is 0.604. The van der Waals surface area contributed by atoms with Crippen LogP contribution in [-0.2, 0) is 0 Å². The number of hydrogen-bond acceptors (Lipinski definition) is 2. The molecular weight excluding hydrogens is 176 g/mol. The average Bonchev–Trinajstić information content (AvgIpc) is 2.76. The summed E-state index contributed by atoms with van der Waals surface area (Å²) < 4.78 is 7.33. The number of aromatic nitrogens is 1. The number of nitrogens with zero attached hydrogens (tertiary/aromatic N) is 2. The second kappa shape index (κ2) is 3.08. The maximum absolute atomic E-state index is 8.99. The van der Waals surface area contributed by atoms with Gasteiger partial charge in [0, 0.05) is 18.0 Å². The summed E-state index contributed by atoms with van der Waals surface area (Å²) >= 11 is 0. The van der Waals surface area contributed by atoms with Crippen molar-refractivity contribution in [3.05, 3.63) is 41.4 Å². The van der Waals surface area contributed by atoms with E-state index in [1.165, 1.54) is 0 Å². The van der Waals surface area contributed by atoms with Gasteiger partial charge in [0.05, 0.1) is 0 Å². The van der Waals surface area contributed by atoms with Crippen LogP contribution in [0.2, 0.25) is 0 Å². The highest BCUT2D eigenvalue weighted by atomic mass is 16.4. The normalized spacial score (nSPS) is 10.1. The van der Waals surface area contributed by atoms with E-state index >= 15 is 0 Å². The Morgan fingerprint density at radius 1 is 1.29 bits per heavy atom. The zero-order valence-corrected chi connectivity index (χ0v) is 8.11. The zero-order valence-electron chi connectivity index (χ0n) is 8.11. The molecule has 70 valence electrons. The highest BCUT2D eigenvalue weighted by Crippen LogP contribution is 2.23. The molecule has 0 aromatic carbocycles. The van der Waals surface area contributed by atoms with Gasteiger partial charge in [0.2, 0.25) is 5.88 Å². The van der Waals surface area contributed by atoms with E-state index in [1.54, 1.807) is 4.57 Å². The minimum Gasteiger partial charge on any atom is -0.443 e. The monoisotopic (exact) mass is 186 g/mol. The van der Waals surface area contributed by atoms with Crippen molar-refractivity contribution in [1.82, 2.24) is 4.57 Å². The van der Waals surface area contributed by atoms with E-state index in [0.29, 0.717) is 11.4 Å². The predicted octanol–water partition coefficient (Wildman–Crippen LogP) is 2.56. The van der Waals surface area contributed by atoms with Crippen LogP contribution in [-0.4, -0.2) is 4.57 Å². The summed E-state index contributed by atoms with van der Waals surface area (Å²) in [6, 6.07) is 5.95. The first-order valence-electron chi connectivity index (χ1n) is 4.37. The van der Waals surface area contributed by atoms with Crippen molar-refractivity contribution in [2.75, 3.05) is 0 Å². The van der Waals surface area contributed by atoms with Crippen molar-refractivity contribution < 1.29 is 4.42 Å². The third-order valence-electron chi connectivity index (χ3n) is 2.32. The van der Waals surface area contributed by atoms with Crippen LogP contribution in [0.1, 0.15) is 16.9 Å². The average molecular weight is 186 g/mol. The Morgan fingerprint density at radius 3 is 2.50 bits per heavy atom. The van der Waals surface area contributed by atoms with Crippen LogP contribution in [0, 0.1) is 25.2 Å². The van der Waals surface area contributed by atoms with Gasteiger partial charge in [-0.25, -0.2) is 0 Å². The Hall–Kier alpha value is -1.95. The van der Waals surface area contributed by atoms with Crippen molar-refractivity contribution >= 4 is 0 Å². The van der Waals surface area contributed by atoms with Crippen LogP contribution in [0.15, 0.2) is 28.9 Å². The summed E-state index contributed by atoms with van der Waals surface area (Å²) in [4.78, 5) is 0. The molecule has 0 spiro atoms. The van der Waals surface area contributed by atoms with Crippen LogP contribution >= 0.6 is 0 Å². The molecule has 0 fully saturated rings. The lowest BCUT2D eigenvalue weighted by molar-refractivity contribution is 0.508. The highest BCUT2D eigenvalue weighted by molar-refractivity contribution is 5.49. The molecular formula is C11H10N2O. The Bertz CT molecular complexity index is 486. The van der Waals surface area contributed by atoms with Gasteiger partial charge in [-0.2, -0.15) is 5.26 Å². The lowest BCUT2D eigenvalue weighted by Gasteiger charge is -1.96. The molecule has 0 aliphatic rings. The largest absolute Gasteiger partial charge is 0.443 e. The second-order valence-electron chi connectivity index (χ2n) is 3.17. The molecule has 2 rings (SSSR count). The standard InChI is InChI=1S/C11H10N2O/c1-8-9(2)14-11(10(8)7-12)13-5-3-4-6-13/h3-6H,1-2H3. The molecule has 2 aromatic rings.